The molecule has 3 aromatic rings. The molecule has 1 aliphatic heterocycles. The van der Waals surface area contributed by atoms with Gasteiger partial charge in [-0.25, -0.2) is 0 Å². The van der Waals surface area contributed by atoms with E-state index in [4.69, 9.17) is 4.52 Å². The number of aromatic nitrogens is 4. The van der Waals surface area contributed by atoms with E-state index in [1.54, 1.807) is 6.20 Å². The first-order chi connectivity index (χ1) is 10.9. The molecule has 0 bridgehead atoms. The van der Waals surface area contributed by atoms with Crippen LogP contribution in [0.15, 0.2) is 53.3 Å². The first-order valence-corrected chi connectivity index (χ1v) is 7.49. The predicted octanol–water partition coefficient (Wildman–Crippen LogP) is 2.06. The Morgan fingerprint density at radius 3 is 2.64 bits per heavy atom. The van der Waals surface area contributed by atoms with Crippen molar-refractivity contribution in [1.29, 1.82) is 0 Å². The second-order valence-electron chi connectivity index (χ2n) is 5.52. The second-order valence-corrected chi connectivity index (χ2v) is 5.52. The fourth-order valence-corrected chi connectivity index (χ4v) is 3.02. The van der Waals surface area contributed by atoms with Crippen molar-refractivity contribution in [1.82, 2.24) is 25.2 Å². The van der Waals surface area contributed by atoms with Crippen molar-refractivity contribution in [3.05, 3.63) is 54.7 Å². The van der Waals surface area contributed by atoms with Crippen LogP contribution in [0.25, 0.3) is 11.4 Å². The van der Waals surface area contributed by atoms with Gasteiger partial charge in [0.05, 0.1) is 0 Å². The quantitative estimate of drug-likeness (QED) is 0.801. The van der Waals surface area contributed by atoms with Gasteiger partial charge in [-0.1, -0.05) is 35.5 Å². The lowest BCUT2D eigenvalue weighted by molar-refractivity contribution is 0.172. The zero-order valence-corrected chi connectivity index (χ0v) is 12.1. The highest BCUT2D eigenvalue weighted by atomic mass is 16.5. The molecule has 0 atom stereocenters. The lowest BCUT2D eigenvalue weighted by atomic mass is 9.88. The third kappa shape index (κ3) is 2.12. The highest BCUT2D eigenvalue weighted by Crippen LogP contribution is 2.34. The summed E-state index contributed by atoms with van der Waals surface area (Å²) in [5.41, 5.74) is 0.608. The summed E-state index contributed by atoms with van der Waals surface area (Å²) in [6.07, 6.45) is 5.52. The van der Waals surface area contributed by atoms with Gasteiger partial charge in [-0.2, -0.15) is 10.1 Å². The molecule has 22 heavy (non-hydrogen) atoms. The number of piperidine rings is 1. The van der Waals surface area contributed by atoms with Crippen molar-refractivity contribution in [3.63, 3.8) is 0 Å². The lowest BCUT2D eigenvalue weighted by Gasteiger charge is -2.34. The van der Waals surface area contributed by atoms with Gasteiger partial charge in [-0.05, 0) is 32.0 Å². The van der Waals surface area contributed by atoms with Gasteiger partial charge in [0.2, 0.25) is 5.82 Å². The third-order valence-electron chi connectivity index (χ3n) is 4.23. The van der Waals surface area contributed by atoms with Crippen LogP contribution in [-0.2, 0) is 5.54 Å². The number of rotatable bonds is 3. The first kappa shape index (κ1) is 13.2. The van der Waals surface area contributed by atoms with E-state index in [1.807, 2.05) is 47.3 Å². The van der Waals surface area contributed by atoms with E-state index >= 15 is 0 Å². The maximum absolute atomic E-state index is 5.64. The average molecular weight is 295 g/mol. The van der Waals surface area contributed by atoms with Crippen molar-refractivity contribution in [2.45, 2.75) is 18.4 Å². The molecular formula is C16H17N5O. The van der Waals surface area contributed by atoms with Crippen LogP contribution in [0.5, 0.6) is 0 Å². The zero-order chi connectivity index (χ0) is 14.8. The minimum Gasteiger partial charge on any atom is -0.336 e. The molecule has 4 rings (SSSR count). The van der Waals surface area contributed by atoms with Gasteiger partial charge in [0.25, 0.3) is 5.89 Å². The molecule has 112 valence electrons. The molecule has 1 N–H and O–H groups in total. The van der Waals surface area contributed by atoms with Gasteiger partial charge >= 0.3 is 0 Å². The Hall–Kier alpha value is -2.47. The maximum atomic E-state index is 5.64. The zero-order valence-electron chi connectivity index (χ0n) is 12.1. The van der Waals surface area contributed by atoms with E-state index in [-0.39, 0.29) is 5.54 Å². The van der Waals surface area contributed by atoms with Gasteiger partial charge < -0.3 is 9.84 Å². The summed E-state index contributed by atoms with van der Waals surface area (Å²) in [7, 11) is 0. The fourth-order valence-electron chi connectivity index (χ4n) is 3.02. The van der Waals surface area contributed by atoms with Crippen LogP contribution >= 0.6 is 0 Å². The Labute approximate surface area is 128 Å². The minimum atomic E-state index is -0.352. The van der Waals surface area contributed by atoms with E-state index in [2.05, 4.69) is 20.6 Å². The minimum absolute atomic E-state index is 0.352. The standard InChI is InChI=1S/C16H17N5O/c1-2-5-13(6-3-1)14-19-15(22-20-14)16(7-10-17-11-8-16)21-12-4-9-18-21/h1-6,9,12,17H,7-8,10-11H2. The SMILES string of the molecule is c1ccc(-c2noc(C3(n4cccn4)CCNCC3)n2)cc1. The molecule has 3 heterocycles. The van der Waals surface area contributed by atoms with Crippen LogP contribution in [0.4, 0.5) is 0 Å². The molecule has 6 heteroatoms. The molecule has 0 unspecified atom stereocenters. The van der Waals surface area contributed by atoms with Gasteiger partial charge in [0.15, 0.2) is 0 Å². The van der Waals surface area contributed by atoms with Crippen molar-refractivity contribution < 1.29 is 4.52 Å². The maximum Gasteiger partial charge on any atom is 0.255 e. The van der Waals surface area contributed by atoms with Crippen LogP contribution in [0.2, 0.25) is 0 Å². The molecule has 0 aliphatic carbocycles. The van der Waals surface area contributed by atoms with E-state index in [9.17, 15) is 0 Å². The highest BCUT2D eigenvalue weighted by Gasteiger charge is 2.41. The monoisotopic (exact) mass is 295 g/mol. The average Bonchev–Trinajstić information content (AvgIpc) is 3.29. The second kappa shape index (κ2) is 5.38. The third-order valence-corrected chi connectivity index (χ3v) is 4.23. The van der Waals surface area contributed by atoms with Gasteiger partial charge in [-0.15, -0.1) is 0 Å². The number of benzene rings is 1. The van der Waals surface area contributed by atoms with E-state index in [0.29, 0.717) is 11.7 Å². The van der Waals surface area contributed by atoms with Crippen LogP contribution in [0.3, 0.4) is 0 Å². The van der Waals surface area contributed by atoms with Crippen LogP contribution < -0.4 is 5.32 Å². The molecular weight excluding hydrogens is 278 g/mol. The molecule has 2 aromatic heterocycles. The van der Waals surface area contributed by atoms with E-state index in [0.717, 1.165) is 31.5 Å². The first-order valence-electron chi connectivity index (χ1n) is 7.49. The Morgan fingerprint density at radius 1 is 1.09 bits per heavy atom. The number of nitrogens with one attached hydrogen (secondary N) is 1. The number of hydrogen-bond donors (Lipinski definition) is 1. The summed E-state index contributed by atoms with van der Waals surface area (Å²) in [4.78, 5) is 4.67. The van der Waals surface area contributed by atoms with Gasteiger partial charge in [0.1, 0.15) is 5.54 Å². The largest absolute Gasteiger partial charge is 0.336 e. The molecule has 1 aliphatic rings. The molecule has 0 amide bonds. The summed E-state index contributed by atoms with van der Waals surface area (Å²) in [6, 6.07) is 11.8. The molecule has 1 aromatic carbocycles. The molecule has 0 radical (unpaired) electrons. The molecule has 0 saturated carbocycles. The topological polar surface area (TPSA) is 68.8 Å². The highest BCUT2D eigenvalue weighted by molar-refractivity contribution is 5.53. The van der Waals surface area contributed by atoms with Crippen LogP contribution in [0.1, 0.15) is 18.7 Å². The molecule has 0 spiro atoms. The smallest absolute Gasteiger partial charge is 0.255 e. The van der Waals surface area contributed by atoms with Crippen LogP contribution in [0, 0.1) is 0 Å². The van der Waals surface area contributed by atoms with E-state index in [1.165, 1.54) is 0 Å². The van der Waals surface area contributed by atoms with Gasteiger partial charge in [-0.3, -0.25) is 4.68 Å². The molecule has 1 saturated heterocycles. The Morgan fingerprint density at radius 2 is 1.91 bits per heavy atom. The van der Waals surface area contributed by atoms with Crippen molar-refractivity contribution >= 4 is 0 Å². The van der Waals surface area contributed by atoms with Crippen molar-refractivity contribution in [3.8, 4) is 11.4 Å². The summed E-state index contributed by atoms with van der Waals surface area (Å²) in [5.74, 6) is 1.26. The lowest BCUT2D eigenvalue weighted by Crippen LogP contribution is -2.45. The number of nitrogens with zero attached hydrogens (tertiary/aromatic N) is 4. The van der Waals surface area contributed by atoms with Crippen molar-refractivity contribution in [2.24, 2.45) is 0 Å². The number of hydrogen-bond acceptors (Lipinski definition) is 5. The summed E-state index contributed by atoms with van der Waals surface area (Å²) >= 11 is 0. The summed E-state index contributed by atoms with van der Waals surface area (Å²) in [5, 5.41) is 12.0. The summed E-state index contributed by atoms with van der Waals surface area (Å²) in [6.45, 7) is 1.81. The molecule has 1 fully saturated rings. The Balaban J connectivity index is 1.76. The molecule has 6 nitrogen and oxygen atoms in total. The van der Waals surface area contributed by atoms with Crippen molar-refractivity contribution in [2.75, 3.05) is 13.1 Å². The predicted molar refractivity (Wildman–Crippen MR) is 81.1 cm³/mol. The summed E-state index contributed by atoms with van der Waals surface area (Å²) < 4.78 is 7.59. The Bertz CT molecular complexity index is 729. The van der Waals surface area contributed by atoms with Crippen LogP contribution in [-0.4, -0.2) is 33.0 Å². The fraction of sp³-hybridized carbons (Fsp3) is 0.312. The van der Waals surface area contributed by atoms with E-state index < -0.39 is 0 Å². The normalized spacial score (nSPS) is 17.5. The van der Waals surface area contributed by atoms with Gasteiger partial charge in [0, 0.05) is 18.0 Å². The Kier molecular flexibility index (Phi) is 3.23.